The van der Waals surface area contributed by atoms with Crippen LogP contribution in [0.2, 0.25) is 0 Å². The van der Waals surface area contributed by atoms with Gasteiger partial charge in [0.25, 0.3) is 0 Å². The molecule has 3 N–H and O–H groups in total. The molecule has 6 nitrogen and oxygen atoms in total. The minimum Gasteiger partial charge on any atom is -0.399 e. The molecule has 0 radical (unpaired) electrons. The number of benzene rings is 3. The summed E-state index contributed by atoms with van der Waals surface area (Å²) in [5.41, 5.74) is 9.23. The average Bonchev–Trinajstić information content (AvgIpc) is 2.92. The molecule has 1 fully saturated rings. The molecule has 1 amide bonds. The van der Waals surface area contributed by atoms with Gasteiger partial charge in [-0.25, -0.2) is 8.78 Å². The summed E-state index contributed by atoms with van der Waals surface area (Å²) in [6.45, 7) is 7.32. The quantitative estimate of drug-likeness (QED) is 0.183. The van der Waals surface area contributed by atoms with Gasteiger partial charge in [-0.05, 0) is 86.8 Å². The molecule has 1 atom stereocenters. The highest BCUT2D eigenvalue weighted by Crippen LogP contribution is 2.30. The largest absolute Gasteiger partial charge is 0.399 e. The average molecular weight is 549 g/mol. The first-order chi connectivity index (χ1) is 19.2. The van der Waals surface area contributed by atoms with Crippen molar-refractivity contribution in [3.05, 3.63) is 95.1 Å². The van der Waals surface area contributed by atoms with Crippen molar-refractivity contribution < 1.29 is 18.4 Å². The topological polar surface area (TPSA) is 78.7 Å². The van der Waals surface area contributed by atoms with Crippen LogP contribution in [0.4, 0.5) is 20.2 Å². The molecule has 0 aromatic heterocycles. The zero-order valence-electron chi connectivity index (χ0n) is 23.2. The Hall–Kier alpha value is -3.62. The monoisotopic (exact) mass is 548 g/mol. The van der Waals surface area contributed by atoms with Gasteiger partial charge >= 0.3 is 0 Å². The lowest BCUT2D eigenvalue weighted by molar-refractivity contribution is -0.118. The normalized spacial score (nSPS) is 16.3. The highest BCUT2D eigenvalue weighted by atomic mass is 19.1. The first-order valence-electron chi connectivity index (χ1n) is 13.9. The van der Waals surface area contributed by atoms with Gasteiger partial charge in [0.15, 0.2) is 5.78 Å². The third-order valence-electron chi connectivity index (χ3n) is 7.65. The van der Waals surface area contributed by atoms with Crippen LogP contribution in [-0.4, -0.2) is 60.3 Å². The van der Waals surface area contributed by atoms with Crippen molar-refractivity contribution in [3.8, 4) is 0 Å². The van der Waals surface area contributed by atoms with Crippen LogP contribution in [0.3, 0.4) is 0 Å². The first kappa shape index (κ1) is 29.4. The van der Waals surface area contributed by atoms with Gasteiger partial charge in [0.05, 0.1) is 12.2 Å². The van der Waals surface area contributed by atoms with Crippen LogP contribution in [0.1, 0.15) is 60.5 Å². The number of carbonyl (C=O) groups excluding carboxylic acids is 2. The molecule has 0 saturated carbocycles. The second-order valence-corrected chi connectivity index (χ2v) is 10.7. The summed E-state index contributed by atoms with van der Waals surface area (Å²) in [6.07, 6.45) is 2.88. The van der Waals surface area contributed by atoms with E-state index in [2.05, 4.69) is 22.0 Å². The van der Waals surface area contributed by atoms with E-state index < -0.39 is 0 Å². The van der Waals surface area contributed by atoms with E-state index in [9.17, 15) is 18.4 Å². The second-order valence-electron chi connectivity index (χ2n) is 10.7. The van der Waals surface area contributed by atoms with E-state index in [0.29, 0.717) is 16.9 Å². The van der Waals surface area contributed by atoms with Gasteiger partial charge in [0.2, 0.25) is 5.91 Å². The Labute approximate surface area is 235 Å². The molecule has 40 heavy (non-hydrogen) atoms. The zero-order chi connectivity index (χ0) is 28.6. The summed E-state index contributed by atoms with van der Waals surface area (Å²) in [5, 5.41) is 2.87. The number of hydrogen-bond acceptors (Lipinski definition) is 5. The van der Waals surface area contributed by atoms with Crippen LogP contribution >= 0.6 is 0 Å². The van der Waals surface area contributed by atoms with E-state index in [-0.39, 0.29) is 41.8 Å². The van der Waals surface area contributed by atoms with Gasteiger partial charge < -0.3 is 16.0 Å². The molecule has 1 aliphatic heterocycles. The van der Waals surface area contributed by atoms with Gasteiger partial charge in [-0.3, -0.25) is 14.5 Å². The summed E-state index contributed by atoms with van der Waals surface area (Å²) in [6, 6.07) is 18.3. The number of carbonyl (C=O) groups is 2. The summed E-state index contributed by atoms with van der Waals surface area (Å²) in [7, 11) is 0. The molecule has 0 spiro atoms. The Morgan fingerprint density at radius 3 is 2.15 bits per heavy atom. The Balaban J connectivity index is 1.25. The van der Waals surface area contributed by atoms with Crippen molar-refractivity contribution in [2.45, 2.75) is 45.1 Å². The van der Waals surface area contributed by atoms with Crippen LogP contribution in [0, 0.1) is 11.6 Å². The maximum Gasteiger partial charge on any atom is 0.238 e. The van der Waals surface area contributed by atoms with Crippen molar-refractivity contribution in [2.75, 3.05) is 43.8 Å². The number of nitrogens with one attached hydrogen (secondary N) is 1. The van der Waals surface area contributed by atoms with Crippen LogP contribution in [0.5, 0.6) is 0 Å². The molecule has 1 aliphatic rings. The summed E-state index contributed by atoms with van der Waals surface area (Å²) in [5.74, 6) is -0.747. The molecule has 1 heterocycles. The predicted molar refractivity (Wildman–Crippen MR) is 155 cm³/mol. The van der Waals surface area contributed by atoms with Crippen LogP contribution in [-0.2, 0) is 4.79 Å². The number of anilines is 2. The first-order valence-corrected chi connectivity index (χ1v) is 13.9. The molecule has 3 aromatic rings. The number of amides is 1. The second kappa shape index (κ2) is 13.6. The van der Waals surface area contributed by atoms with Gasteiger partial charge in [-0.2, -0.15) is 0 Å². The van der Waals surface area contributed by atoms with Crippen molar-refractivity contribution in [1.29, 1.82) is 0 Å². The maximum atomic E-state index is 13.5. The van der Waals surface area contributed by atoms with E-state index in [1.165, 1.54) is 31.2 Å². The third-order valence-corrected chi connectivity index (χ3v) is 7.65. The van der Waals surface area contributed by atoms with Crippen molar-refractivity contribution in [3.63, 3.8) is 0 Å². The fourth-order valence-corrected chi connectivity index (χ4v) is 5.44. The molecular weight excluding hydrogens is 510 g/mol. The summed E-state index contributed by atoms with van der Waals surface area (Å²) in [4.78, 5) is 29.3. The Morgan fingerprint density at radius 2 is 1.57 bits per heavy atom. The molecule has 3 aromatic carbocycles. The molecule has 1 unspecified atom stereocenters. The highest BCUT2D eigenvalue weighted by molar-refractivity contribution is 6.04. The minimum atomic E-state index is -0.265. The highest BCUT2D eigenvalue weighted by Gasteiger charge is 2.25. The van der Waals surface area contributed by atoms with E-state index in [1.54, 1.807) is 18.2 Å². The Bertz CT molecular complexity index is 1250. The number of ketones is 1. The molecule has 212 valence electrons. The molecule has 8 heteroatoms. The van der Waals surface area contributed by atoms with Crippen LogP contribution in [0.25, 0.3) is 0 Å². The van der Waals surface area contributed by atoms with E-state index in [0.717, 1.165) is 56.6 Å². The van der Waals surface area contributed by atoms with Gasteiger partial charge in [0.1, 0.15) is 11.6 Å². The number of piperazine rings is 1. The number of nitrogens with zero attached hydrogens (tertiary/aromatic N) is 2. The van der Waals surface area contributed by atoms with Crippen molar-refractivity contribution >= 4 is 23.1 Å². The lowest BCUT2D eigenvalue weighted by Crippen LogP contribution is -2.53. The summed E-state index contributed by atoms with van der Waals surface area (Å²) >= 11 is 0. The number of nitrogens with two attached hydrogens (primary N) is 1. The Kier molecular flexibility index (Phi) is 10.0. The standard InChI is InChI=1S/C32H38F2N4O2/c1-22-20-37(17-18-38(22)21-32(40)36-31-15-14-28(35)19-30(31)23(2)39)16-4-3-5-29(24-6-10-26(33)11-7-24)25-8-12-27(34)13-9-25/h6-15,19,22,29H,3-5,16-18,20-21,35H2,1-2H3,(H,36,40). The number of nitrogen functional groups attached to an aromatic ring is 1. The number of halogens is 2. The van der Waals surface area contributed by atoms with Gasteiger partial charge in [-0.1, -0.05) is 30.7 Å². The van der Waals surface area contributed by atoms with Gasteiger partial charge in [-0.15, -0.1) is 0 Å². The SMILES string of the molecule is CC(=O)c1cc(N)ccc1NC(=O)CN1CCN(CCCCC(c2ccc(F)cc2)c2ccc(F)cc2)CC1C. The number of Topliss-reactive ketones (excluding diaryl/α,β-unsaturated/α-hetero) is 1. The zero-order valence-corrected chi connectivity index (χ0v) is 23.2. The lowest BCUT2D eigenvalue weighted by Gasteiger charge is -2.39. The maximum absolute atomic E-state index is 13.5. The number of rotatable bonds is 11. The fraction of sp³-hybridized carbons (Fsp3) is 0.375. The number of unbranched alkanes of at least 4 members (excludes halogenated alkanes) is 1. The summed E-state index contributed by atoms with van der Waals surface area (Å²) < 4.78 is 27.0. The third kappa shape index (κ3) is 7.96. The molecule has 1 saturated heterocycles. The molecule has 4 rings (SSSR count). The molecular formula is C32H38F2N4O2. The smallest absolute Gasteiger partial charge is 0.238 e. The van der Waals surface area contributed by atoms with E-state index >= 15 is 0 Å². The van der Waals surface area contributed by atoms with Crippen LogP contribution in [0.15, 0.2) is 66.7 Å². The predicted octanol–water partition coefficient (Wildman–Crippen LogP) is 5.70. The Morgan fingerprint density at radius 1 is 0.950 bits per heavy atom. The fourth-order valence-electron chi connectivity index (χ4n) is 5.44. The van der Waals surface area contributed by atoms with Crippen molar-refractivity contribution in [2.24, 2.45) is 0 Å². The van der Waals surface area contributed by atoms with E-state index in [1.807, 2.05) is 24.3 Å². The molecule has 0 bridgehead atoms. The molecule has 0 aliphatic carbocycles. The van der Waals surface area contributed by atoms with E-state index in [4.69, 9.17) is 5.73 Å². The number of hydrogen-bond donors (Lipinski definition) is 2. The van der Waals surface area contributed by atoms with Crippen molar-refractivity contribution in [1.82, 2.24) is 9.80 Å². The minimum absolute atomic E-state index is 0.0834. The van der Waals surface area contributed by atoms with Crippen LogP contribution < -0.4 is 11.1 Å². The lowest BCUT2D eigenvalue weighted by atomic mass is 9.87. The van der Waals surface area contributed by atoms with Gasteiger partial charge in [0, 0.05) is 42.8 Å².